The summed E-state index contributed by atoms with van der Waals surface area (Å²) < 4.78 is 2.41. The number of aromatic nitrogens is 1. The number of hydrogen-bond donors (Lipinski definition) is 0. The zero-order chi connectivity index (χ0) is 40.3. The Morgan fingerprint density at radius 2 is 0.967 bits per heavy atom. The van der Waals surface area contributed by atoms with E-state index in [0.717, 1.165) is 28.7 Å². The van der Waals surface area contributed by atoms with E-state index in [1.807, 2.05) is 0 Å². The molecule has 2 nitrogen and oxygen atoms in total. The Hall–Kier alpha value is -7.16. The summed E-state index contributed by atoms with van der Waals surface area (Å²) in [6, 6.07) is 78.5. The van der Waals surface area contributed by atoms with Gasteiger partial charge >= 0.3 is 0 Å². The molecular formula is C59H46N2. The van der Waals surface area contributed by atoms with Gasteiger partial charge in [0.1, 0.15) is 0 Å². The molecule has 0 amide bonds. The third kappa shape index (κ3) is 6.08. The van der Waals surface area contributed by atoms with E-state index in [0.29, 0.717) is 5.41 Å². The molecule has 2 aliphatic carbocycles. The zero-order valence-electron chi connectivity index (χ0n) is 34.2. The van der Waals surface area contributed by atoms with Crippen LogP contribution in [-0.2, 0) is 5.41 Å². The molecule has 2 bridgehead atoms. The van der Waals surface area contributed by atoms with E-state index < -0.39 is 0 Å². The van der Waals surface area contributed by atoms with Gasteiger partial charge in [-0.15, -0.1) is 0 Å². The molecule has 0 aliphatic heterocycles. The summed E-state index contributed by atoms with van der Waals surface area (Å²) in [5.74, 6) is 0.944. The molecule has 2 heteroatoms. The number of nitrogens with zero attached hydrogens (tertiary/aromatic N) is 2. The van der Waals surface area contributed by atoms with Crippen molar-refractivity contribution in [3.63, 3.8) is 0 Å². The normalized spacial score (nSPS) is 17.1. The van der Waals surface area contributed by atoms with Crippen molar-refractivity contribution < 1.29 is 0 Å². The number of fused-ring (bicyclic) bond motifs is 6. The average molecular weight is 783 g/mol. The highest BCUT2D eigenvalue weighted by Crippen LogP contribution is 2.55. The summed E-state index contributed by atoms with van der Waals surface area (Å²) in [5.41, 5.74) is 16.3. The Bertz CT molecular complexity index is 3180. The van der Waals surface area contributed by atoms with Crippen molar-refractivity contribution in [3.8, 4) is 39.1 Å². The SMILES string of the molecule is c1ccc(-c2cccc3cccc(-c4ccc(N(c5ccc(-c6ccc(C78CCC(CC7)C8)cc6)cc5)c5ccc6c7ccccc7n(-c7ccccc7)c6c5)cc4)c23)cc1. The summed E-state index contributed by atoms with van der Waals surface area (Å²) in [7, 11) is 0. The minimum atomic E-state index is 0.425. The van der Waals surface area contributed by atoms with E-state index in [1.54, 1.807) is 5.56 Å². The molecule has 0 unspecified atom stereocenters. The van der Waals surface area contributed by atoms with Gasteiger partial charge in [-0.25, -0.2) is 0 Å². The molecule has 2 fully saturated rings. The Morgan fingerprint density at radius 3 is 1.61 bits per heavy atom. The van der Waals surface area contributed by atoms with Crippen LogP contribution in [0.25, 0.3) is 71.6 Å². The fraction of sp³-hybridized carbons (Fsp3) is 0.119. The van der Waals surface area contributed by atoms with Gasteiger partial charge in [0.25, 0.3) is 0 Å². The number of benzene rings is 9. The van der Waals surface area contributed by atoms with Gasteiger partial charge < -0.3 is 9.47 Å². The minimum Gasteiger partial charge on any atom is -0.310 e. The summed E-state index contributed by atoms with van der Waals surface area (Å²) >= 11 is 0. The third-order valence-electron chi connectivity index (χ3n) is 14.1. The highest BCUT2D eigenvalue weighted by Gasteiger charge is 2.45. The lowest BCUT2D eigenvalue weighted by Crippen LogP contribution is -2.19. The number of anilines is 3. The molecule has 0 atom stereocenters. The van der Waals surface area contributed by atoms with Crippen molar-refractivity contribution in [1.82, 2.24) is 4.57 Å². The molecule has 9 aromatic carbocycles. The first kappa shape index (κ1) is 35.8. The lowest BCUT2D eigenvalue weighted by atomic mass is 9.77. The first-order valence-corrected chi connectivity index (χ1v) is 22.0. The van der Waals surface area contributed by atoms with Crippen LogP contribution in [-0.4, -0.2) is 4.57 Å². The quantitative estimate of drug-likeness (QED) is 0.149. The van der Waals surface area contributed by atoms with E-state index in [4.69, 9.17) is 0 Å². The third-order valence-corrected chi connectivity index (χ3v) is 14.1. The van der Waals surface area contributed by atoms with Crippen LogP contribution in [0.4, 0.5) is 17.1 Å². The maximum absolute atomic E-state index is 2.42. The molecule has 1 heterocycles. The van der Waals surface area contributed by atoms with Gasteiger partial charge in [0.15, 0.2) is 0 Å². The molecule has 1 aromatic heterocycles. The largest absolute Gasteiger partial charge is 0.310 e. The van der Waals surface area contributed by atoms with Crippen LogP contribution >= 0.6 is 0 Å². The predicted molar refractivity (Wildman–Crippen MR) is 258 cm³/mol. The first-order chi connectivity index (χ1) is 30.2. The van der Waals surface area contributed by atoms with Crippen LogP contribution in [0, 0.1) is 5.92 Å². The monoisotopic (exact) mass is 782 g/mol. The average Bonchev–Trinajstić information content (AvgIpc) is 4.05. The first-order valence-electron chi connectivity index (χ1n) is 22.0. The van der Waals surface area contributed by atoms with Crippen LogP contribution < -0.4 is 4.90 Å². The molecule has 0 radical (unpaired) electrons. The van der Waals surface area contributed by atoms with E-state index in [2.05, 4.69) is 222 Å². The second kappa shape index (κ2) is 14.5. The fourth-order valence-corrected chi connectivity index (χ4v) is 11.0. The maximum Gasteiger partial charge on any atom is 0.0561 e. The Morgan fingerprint density at radius 1 is 0.426 bits per heavy atom. The number of hydrogen-bond acceptors (Lipinski definition) is 1. The van der Waals surface area contributed by atoms with Gasteiger partial charge in [0, 0.05) is 33.5 Å². The smallest absolute Gasteiger partial charge is 0.0561 e. The molecule has 0 saturated heterocycles. The molecule has 12 rings (SSSR count). The summed E-state index contributed by atoms with van der Waals surface area (Å²) in [6.45, 7) is 0. The lowest BCUT2D eigenvalue weighted by molar-refractivity contribution is 0.419. The van der Waals surface area contributed by atoms with Crippen molar-refractivity contribution in [2.24, 2.45) is 5.92 Å². The highest BCUT2D eigenvalue weighted by atomic mass is 15.1. The summed E-state index contributed by atoms with van der Waals surface area (Å²) in [6.07, 6.45) is 6.91. The van der Waals surface area contributed by atoms with Crippen LogP contribution in [0.1, 0.15) is 37.7 Å². The van der Waals surface area contributed by atoms with Crippen molar-refractivity contribution in [2.75, 3.05) is 4.90 Å². The Labute approximate surface area is 358 Å². The zero-order valence-corrected chi connectivity index (χ0v) is 34.2. The van der Waals surface area contributed by atoms with Crippen molar-refractivity contribution in [3.05, 3.63) is 218 Å². The molecule has 0 N–H and O–H groups in total. The fourth-order valence-electron chi connectivity index (χ4n) is 11.0. The lowest BCUT2D eigenvalue weighted by Gasteiger charge is -2.27. The second-order valence-electron chi connectivity index (χ2n) is 17.4. The van der Waals surface area contributed by atoms with E-state index in [1.165, 1.54) is 98.1 Å². The highest BCUT2D eigenvalue weighted by molar-refractivity contribution is 6.10. The Balaban J connectivity index is 0.973. The molecule has 61 heavy (non-hydrogen) atoms. The molecule has 2 saturated carbocycles. The standard InChI is InChI=1S/C59H46N2/c1-3-11-44(12-4-1)52-18-9-13-46-14-10-19-53(58(46)52)45-25-31-50(32-26-45)60(49-29-23-43(24-30-49)42-21-27-47(28-22-42)59-37-35-41(40-59)36-38-59)51-33-34-55-54-17-7-8-20-56(54)61(57(55)39-51)48-15-5-2-6-16-48/h1-34,39,41H,35-38,40H2. The second-order valence-corrected chi connectivity index (χ2v) is 17.4. The Kier molecular flexibility index (Phi) is 8.52. The van der Waals surface area contributed by atoms with Gasteiger partial charge in [0.05, 0.1) is 11.0 Å². The minimum absolute atomic E-state index is 0.425. The van der Waals surface area contributed by atoms with Gasteiger partial charge in [-0.1, -0.05) is 158 Å². The summed E-state index contributed by atoms with van der Waals surface area (Å²) in [4.78, 5) is 2.41. The van der Waals surface area contributed by atoms with Gasteiger partial charge in [0.2, 0.25) is 0 Å². The topological polar surface area (TPSA) is 8.17 Å². The molecular weight excluding hydrogens is 737 g/mol. The van der Waals surface area contributed by atoms with Gasteiger partial charge in [-0.2, -0.15) is 0 Å². The molecule has 2 aliphatic rings. The van der Waals surface area contributed by atoms with E-state index in [9.17, 15) is 0 Å². The number of para-hydroxylation sites is 2. The van der Waals surface area contributed by atoms with Crippen LogP contribution in [0.15, 0.2) is 212 Å². The van der Waals surface area contributed by atoms with Crippen molar-refractivity contribution in [1.29, 1.82) is 0 Å². The molecule has 0 spiro atoms. The van der Waals surface area contributed by atoms with Gasteiger partial charge in [-0.3, -0.25) is 0 Å². The van der Waals surface area contributed by atoms with Crippen LogP contribution in [0.5, 0.6) is 0 Å². The number of rotatable bonds is 8. The van der Waals surface area contributed by atoms with Crippen molar-refractivity contribution in [2.45, 2.75) is 37.5 Å². The van der Waals surface area contributed by atoms with Gasteiger partial charge in [-0.05, 0) is 148 Å². The molecule has 292 valence electrons. The van der Waals surface area contributed by atoms with Crippen molar-refractivity contribution >= 4 is 49.6 Å². The van der Waals surface area contributed by atoms with E-state index >= 15 is 0 Å². The van der Waals surface area contributed by atoms with E-state index in [-0.39, 0.29) is 0 Å². The van der Waals surface area contributed by atoms with Crippen LogP contribution in [0.2, 0.25) is 0 Å². The van der Waals surface area contributed by atoms with Crippen LogP contribution in [0.3, 0.4) is 0 Å². The predicted octanol–water partition coefficient (Wildman–Crippen LogP) is 16.2. The maximum atomic E-state index is 2.42. The molecule has 10 aromatic rings. The summed E-state index contributed by atoms with van der Waals surface area (Å²) in [5, 5.41) is 5.02.